The van der Waals surface area contributed by atoms with Crippen LogP contribution in [0.5, 0.6) is 0 Å². The van der Waals surface area contributed by atoms with Crippen LogP contribution in [-0.4, -0.2) is 28.8 Å². The van der Waals surface area contributed by atoms with Crippen LogP contribution in [0.1, 0.15) is 43.5 Å². The molecule has 4 nitrogen and oxygen atoms in total. The molecule has 0 bridgehead atoms. The highest BCUT2D eigenvalue weighted by molar-refractivity contribution is 8.00. The van der Waals surface area contributed by atoms with E-state index in [-0.39, 0.29) is 16.7 Å². The predicted octanol–water partition coefficient (Wildman–Crippen LogP) is 3.31. The van der Waals surface area contributed by atoms with Crippen LogP contribution in [0.15, 0.2) is 23.1 Å². The molecule has 0 saturated carbocycles. The van der Waals surface area contributed by atoms with Gasteiger partial charge in [-0.15, -0.1) is 11.8 Å². The Morgan fingerprint density at radius 1 is 1.38 bits per heavy atom. The third-order valence-corrected chi connectivity index (χ3v) is 4.02. The lowest BCUT2D eigenvalue weighted by Crippen LogP contribution is -2.31. The van der Waals surface area contributed by atoms with Gasteiger partial charge in [-0.1, -0.05) is 19.8 Å². The summed E-state index contributed by atoms with van der Waals surface area (Å²) in [6, 6.07) is 3.84. The van der Waals surface area contributed by atoms with Gasteiger partial charge in [0.2, 0.25) is 5.91 Å². The number of benzene rings is 1. The van der Waals surface area contributed by atoms with Crippen molar-refractivity contribution in [1.29, 1.82) is 0 Å². The van der Waals surface area contributed by atoms with E-state index >= 15 is 0 Å². The van der Waals surface area contributed by atoms with Gasteiger partial charge in [0.15, 0.2) is 0 Å². The van der Waals surface area contributed by atoms with E-state index in [0.717, 1.165) is 25.3 Å². The Morgan fingerprint density at radius 3 is 2.71 bits per heavy atom. The highest BCUT2D eigenvalue weighted by atomic mass is 32.2. The number of hydrogen-bond acceptors (Lipinski definition) is 3. The van der Waals surface area contributed by atoms with Crippen molar-refractivity contribution < 1.29 is 19.1 Å². The maximum atomic E-state index is 13.3. The number of rotatable bonds is 8. The summed E-state index contributed by atoms with van der Waals surface area (Å²) < 4.78 is 13.3. The minimum Gasteiger partial charge on any atom is -0.478 e. The predicted molar refractivity (Wildman–Crippen MR) is 81.2 cm³/mol. The molecule has 0 saturated heterocycles. The zero-order valence-corrected chi connectivity index (χ0v) is 13.0. The maximum absolute atomic E-state index is 13.3. The van der Waals surface area contributed by atoms with Crippen molar-refractivity contribution in [2.24, 2.45) is 0 Å². The van der Waals surface area contributed by atoms with Crippen molar-refractivity contribution in [3.05, 3.63) is 29.6 Å². The van der Waals surface area contributed by atoms with Crippen LogP contribution in [0.3, 0.4) is 0 Å². The van der Waals surface area contributed by atoms with E-state index in [1.807, 2.05) is 0 Å². The molecule has 0 aliphatic rings. The van der Waals surface area contributed by atoms with Gasteiger partial charge in [0.1, 0.15) is 5.82 Å². The fraction of sp³-hybridized carbons (Fsp3) is 0.467. The Kier molecular flexibility index (Phi) is 7.22. The average molecular weight is 313 g/mol. The van der Waals surface area contributed by atoms with Crippen molar-refractivity contribution in [2.45, 2.75) is 43.3 Å². The van der Waals surface area contributed by atoms with Gasteiger partial charge in [0.05, 0.1) is 10.8 Å². The number of nitrogens with one attached hydrogen (secondary N) is 1. The number of hydrogen-bond donors (Lipinski definition) is 2. The van der Waals surface area contributed by atoms with E-state index in [1.54, 1.807) is 6.92 Å². The molecule has 0 aliphatic heterocycles. The number of carboxylic acids is 1. The maximum Gasteiger partial charge on any atom is 0.338 e. The van der Waals surface area contributed by atoms with E-state index in [0.29, 0.717) is 11.4 Å². The molecule has 0 fully saturated rings. The molecule has 0 radical (unpaired) electrons. The molecule has 1 amide bonds. The van der Waals surface area contributed by atoms with Gasteiger partial charge < -0.3 is 10.4 Å². The summed E-state index contributed by atoms with van der Waals surface area (Å²) in [6.45, 7) is 4.47. The summed E-state index contributed by atoms with van der Waals surface area (Å²) in [4.78, 5) is 23.3. The van der Waals surface area contributed by atoms with Gasteiger partial charge in [0.25, 0.3) is 0 Å². The third-order valence-electron chi connectivity index (χ3n) is 2.93. The van der Waals surface area contributed by atoms with E-state index < -0.39 is 11.8 Å². The number of aromatic carboxylic acids is 1. The van der Waals surface area contributed by atoms with Crippen molar-refractivity contribution in [3.63, 3.8) is 0 Å². The molecule has 0 heterocycles. The van der Waals surface area contributed by atoms with Crippen LogP contribution in [0.25, 0.3) is 0 Å². The molecule has 1 aromatic rings. The van der Waals surface area contributed by atoms with Crippen LogP contribution in [-0.2, 0) is 4.79 Å². The summed E-state index contributed by atoms with van der Waals surface area (Å²) in [5, 5.41) is 11.3. The molecule has 2 N–H and O–H groups in total. The van der Waals surface area contributed by atoms with Crippen molar-refractivity contribution >= 4 is 23.6 Å². The van der Waals surface area contributed by atoms with Gasteiger partial charge in [-0.25, -0.2) is 9.18 Å². The first kappa shape index (κ1) is 17.5. The molecule has 6 heteroatoms. The van der Waals surface area contributed by atoms with Gasteiger partial charge in [0, 0.05) is 11.4 Å². The van der Waals surface area contributed by atoms with Crippen LogP contribution >= 0.6 is 11.8 Å². The normalized spacial score (nSPS) is 12.0. The smallest absolute Gasteiger partial charge is 0.338 e. The summed E-state index contributed by atoms with van der Waals surface area (Å²) in [7, 11) is 0. The van der Waals surface area contributed by atoms with Crippen molar-refractivity contribution in [3.8, 4) is 0 Å². The monoisotopic (exact) mass is 313 g/mol. The topological polar surface area (TPSA) is 66.4 Å². The first-order chi connectivity index (χ1) is 9.95. The van der Waals surface area contributed by atoms with E-state index in [1.165, 1.54) is 23.9 Å². The molecule has 0 aliphatic carbocycles. The summed E-state index contributed by atoms with van der Waals surface area (Å²) in [5.74, 6) is -2.19. The molecular formula is C15H20FNO3S. The van der Waals surface area contributed by atoms with Gasteiger partial charge in [-0.2, -0.15) is 0 Å². The molecule has 21 heavy (non-hydrogen) atoms. The van der Waals surface area contributed by atoms with E-state index in [4.69, 9.17) is 5.11 Å². The number of amides is 1. The lowest BCUT2D eigenvalue weighted by atomic mass is 10.2. The lowest BCUT2D eigenvalue weighted by molar-refractivity contribution is -0.120. The number of unbranched alkanes of at least 4 members (excludes halogenated alkanes) is 2. The van der Waals surface area contributed by atoms with Crippen LogP contribution in [0, 0.1) is 5.82 Å². The molecule has 1 aromatic carbocycles. The minimum atomic E-state index is -1.31. The molecule has 1 rings (SSSR count). The second-order valence-corrected chi connectivity index (χ2v) is 6.12. The number of carbonyl (C=O) groups is 2. The quantitative estimate of drug-likeness (QED) is 0.571. The molecule has 1 unspecified atom stereocenters. The van der Waals surface area contributed by atoms with Crippen molar-refractivity contribution in [2.75, 3.05) is 6.54 Å². The van der Waals surface area contributed by atoms with E-state index in [9.17, 15) is 14.0 Å². The van der Waals surface area contributed by atoms with Gasteiger partial charge in [-0.3, -0.25) is 4.79 Å². The first-order valence-electron chi connectivity index (χ1n) is 6.93. The fourth-order valence-electron chi connectivity index (χ4n) is 1.73. The number of carboxylic acid groups (broad SMARTS) is 1. The Bertz CT molecular complexity index is 508. The second kappa shape index (κ2) is 8.67. The summed E-state index contributed by atoms with van der Waals surface area (Å²) in [6.07, 6.45) is 3.11. The molecule has 1 atom stereocenters. The Labute approximate surface area is 128 Å². The van der Waals surface area contributed by atoms with E-state index in [2.05, 4.69) is 12.2 Å². The fourth-order valence-corrected chi connectivity index (χ4v) is 2.66. The second-order valence-electron chi connectivity index (χ2n) is 4.71. The van der Waals surface area contributed by atoms with Crippen LogP contribution in [0.4, 0.5) is 4.39 Å². The summed E-state index contributed by atoms with van der Waals surface area (Å²) in [5.41, 5.74) is -0.379. The molecular weight excluding hydrogens is 293 g/mol. The van der Waals surface area contributed by atoms with Crippen LogP contribution < -0.4 is 5.32 Å². The Morgan fingerprint density at radius 2 is 2.10 bits per heavy atom. The zero-order chi connectivity index (χ0) is 15.8. The standard InChI is InChI=1S/C15H20FNO3S/c1-3-4-5-8-17-14(18)10(2)21-11-6-7-13(16)12(9-11)15(19)20/h6-7,9-10H,3-5,8H2,1-2H3,(H,17,18)(H,19,20). The minimum absolute atomic E-state index is 0.0997. The number of thioether (sulfide) groups is 1. The van der Waals surface area contributed by atoms with Gasteiger partial charge in [-0.05, 0) is 31.5 Å². The lowest BCUT2D eigenvalue weighted by Gasteiger charge is -2.12. The number of carbonyl (C=O) groups excluding carboxylic acids is 1. The largest absolute Gasteiger partial charge is 0.478 e. The highest BCUT2D eigenvalue weighted by Crippen LogP contribution is 2.25. The first-order valence-corrected chi connectivity index (χ1v) is 7.81. The SMILES string of the molecule is CCCCCNC(=O)C(C)Sc1ccc(F)c(C(=O)O)c1. The molecule has 0 aromatic heterocycles. The average Bonchev–Trinajstić information content (AvgIpc) is 2.45. The Hall–Kier alpha value is -1.56. The van der Waals surface area contributed by atoms with Crippen molar-refractivity contribution in [1.82, 2.24) is 5.32 Å². The molecule has 0 spiro atoms. The zero-order valence-electron chi connectivity index (χ0n) is 12.2. The summed E-state index contributed by atoms with van der Waals surface area (Å²) >= 11 is 1.21. The van der Waals surface area contributed by atoms with Crippen LogP contribution in [0.2, 0.25) is 0 Å². The highest BCUT2D eigenvalue weighted by Gasteiger charge is 2.16. The third kappa shape index (κ3) is 5.75. The Balaban J connectivity index is 2.58. The number of halogens is 1. The van der Waals surface area contributed by atoms with Gasteiger partial charge >= 0.3 is 5.97 Å². The molecule has 116 valence electrons.